The van der Waals surface area contributed by atoms with Crippen LogP contribution < -0.4 is 15.7 Å². The van der Waals surface area contributed by atoms with E-state index in [1.807, 2.05) is 36.4 Å². The molecule has 35 heavy (non-hydrogen) atoms. The van der Waals surface area contributed by atoms with Gasteiger partial charge in [0.05, 0.1) is 18.1 Å². The third-order valence-electron chi connectivity index (χ3n) is 6.58. The molecule has 0 bridgehead atoms. The van der Waals surface area contributed by atoms with Crippen LogP contribution in [0.1, 0.15) is 60.8 Å². The van der Waals surface area contributed by atoms with Gasteiger partial charge in [-0.25, -0.2) is 4.79 Å². The second-order valence-corrected chi connectivity index (χ2v) is 15.6. The Kier molecular flexibility index (Phi) is 8.12. The number of carbonyl (C=O) groups excluding carboxylic acids is 1. The van der Waals surface area contributed by atoms with E-state index in [2.05, 4.69) is 50.4 Å². The van der Waals surface area contributed by atoms with Crippen LogP contribution in [0, 0.1) is 5.92 Å². The molecule has 7 heteroatoms. The third-order valence-corrected chi connectivity index (χ3v) is 11.6. The second kappa shape index (κ2) is 10.5. The van der Waals surface area contributed by atoms with Crippen LogP contribution >= 0.6 is 0 Å². The number of carboxylic acids is 1. The molecule has 0 heterocycles. The first kappa shape index (κ1) is 27.0. The van der Waals surface area contributed by atoms with Crippen molar-refractivity contribution in [2.75, 3.05) is 0 Å². The monoisotopic (exact) mass is 497 g/mol. The predicted octanol–water partition coefficient (Wildman–Crippen LogP) is 4.71. The van der Waals surface area contributed by atoms with Crippen LogP contribution in [0.15, 0.2) is 60.7 Å². The van der Waals surface area contributed by atoms with E-state index in [0.29, 0.717) is 19.3 Å². The summed E-state index contributed by atoms with van der Waals surface area (Å²) in [6.07, 6.45) is 0.771. The van der Waals surface area contributed by atoms with Crippen molar-refractivity contribution in [3.05, 3.63) is 60.7 Å². The van der Waals surface area contributed by atoms with Gasteiger partial charge in [0.25, 0.3) is 8.32 Å². The van der Waals surface area contributed by atoms with Gasteiger partial charge in [-0.3, -0.25) is 4.79 Å². The predicted molar refractivity (Wildman–Crippen MR) is 141 cm³/mol. The summed E-state index contributed by atoms with van der Waals surface area (Å²) < 4.78 is 12.7. The molecule has 3 unspecified atom stereocenters. The Labute approximate surface area is 210 Å². The van der Waals surface area contributed by atoms with Crippen LogP contribution in [0.4, 0.5) is 4.79 Å². The Morgan fingerprint density at radius 1 is 0.886 bits per heavy atom. The first-order valence-electron chi connectivity index (χ1n) is 12.4. The van der Waals surface area contributed by atoms with E-state index in [1.165, 1.54) is 0 Å². The van der Waals surface area contributed by atoms with Gasteiger partial charge >= 0.3 is 12.1 Å². The smallest absolute Gasteiger partial charge is 0.407 e. The average molecular weight is 498 g/mol. The number of carboxylic acid groups (broad SMARTS) is 1. The molecule has 1 fully saturated rings. The summed E-state index contributed by atoms with van der Waals surface area (Å²) in [4.78, 5) is 25.0. The fourth-order valence-electron chi connectivity index (χ4n) is 5.12. The Morgan fingerprint density at radius 2 is 1.40 bits per heavy atom. The maximum atomic E-state index is 12.8. The van der Waals surface area contributed by atoms with E-state index in [4.69, 9.17) is 9.16 Å². The number of hydrogen-bond donors (Lipinski definition) is 2. The van der Waals surface area contributed by atoms with Crippen molar-refractivity contribution in [3.8, 4) is 0 Å². The van der Waals surface area contributed by atoms with Crippen LogP contribution in [0.25, 0.3) is 0 Å². The quantitative estimate of drug-likeness (QED) is 0.565. The normalized spacial score (nSPS) is 21.3. The lowest BCUT2D eigenvalue weighted by molar-refractivity contribution is -0.145. The molecule has 0 radical (unpaired) electrons. The van der Waals surface area contributed by atoms with E-state index in [0.717, 1.165) is 10.4 Å². The molecule has 3 atom stereocenters. The summed E-state index contributed by atoms with van der Waals surface area (Å²) in [6.45, 7) is 11.9. The van der Waals surface area contributed by atoms with Gasteiger partial charge in [0, 0.05) is 0 Å². The topological polar surface area (TPSA) is 84.9 Å². The first-order valence-corrected chi connectivity index (χ1v) is 14.3. The lowest BCUT2D eigenvalue weighted by Gasteiger charge is -2.48. The first-order chi connectivity index (χ1) is 16.3. The molecular weight excluding hydrogens is 458 g/mol. The second-order valence-electron chi connectivity index (χ2n) is 11.4. The van der Waals surface area contributed by atoms with E-state index in [1.54, 1.807) is 20.8 Å². The highest BCUT2D eigenvalue weighted by atomic mass is 28.4. The Balaban J connectivity index is 2.10. The molecule has 1 aliphatic rings. The van der Waals surface area contributed by atoms with E-state index in [9.17, 15) is 14.7 Å². The van der Waals surface area contributed by atoms with Crippen LogP contribution in [-0.2, 0) is 14.0 Å². The molecule has 2 aromatic carbocycles. The number of rotatable bonds is 6. The average Bonchev–Trinajstić information content (AvgIpc) is 2.77. The molecule has 190 valence electrons. The summed E-state index contributed by atoms with van der Waals surface area (Å²) in [7, 11) is -2.93. The maximum Gasteiger partial charge on any atom is 0.407 e. The number of carbonyl (C=O) groups is 2. The molecule has 0 aliphatic heterocycles. The van der Waals surface area contributed by atoms with Crippen molar-refractivity contribution in [2.24, 2.45) is 5.92 Å². The number of ether oxygens (including phenoxy) is 1. The summed E-state index contributed by atoms with van der Waals surface area (Å²) in [5.41, 5.74) is -0.689. The number of amides is 1. The van der Waals surface area contributed by atoms with Crippen LogP contribution in [0.2, 0.25) is 5.04 Å². The number of aliphatic carboxylic acids is 1. The third kappa shape index (κ3) is 6.14. The Bertz CT molecular complexity index is 958. The molecule has 6 nitrogen and oxygen atoms in total. The van der Waals surface area contributed by atoms with Gasteiger partial charge in [0.2, 0.25) is 0 Å². The highest BCUT2D eigenvalue weighted by Crippen LogP contribution is 2.40. The fourth-order valence-corrected chi connectivity index (χ4v) is 9.86. The minimum atomic E-state index is -2.93. The van der Waals surface area contributed by atoms with Gasteiger partial charge in [0.15, 0.2) is 0 Å². The summed E-state index contributed by atoms with van der Waals surface area (Å²) in [5, 5.41) is 14.9. The Hall–Kier alpha value is -2.64. The van der Waals surface area contributed by atoms with Gasteiger partial charge < -0.3 is 19.6 Å². The van der Waals surface area contributed by atoms with Crippen LogP contribution in [-0.4, -0.2) is 43.2 Å². The van der Waals surface area contributed by atoms with E-state index < -0.39 is 44.0 Å². The summed E-state index contributed by atoms with van der Waals surface area (Å²) >= 11 is 0. The fraction of sp³-hybridized carbons (Fsp3) is 0.500. The Morgan fingerprint density at radius 3 is 1.83 bits per heavy atom. The minimum Gasteiger partial charge on any atom is -0.481 e. The lowest BCUT2D eigenvalue weighted by Crippen LogP contribution is -2.70. The SMILES string of the molecule is CC(C)(C)OC(=O)NC1C(O[Si](c2ccccc2)(c2ccccc2)C(C)(C)C)CCCC1C(=O)O. The van der Waals surface area contributed by atoms with Gasteiger partial charge in [-0.15, -0.1) is 0 Å². The molecule has 2 N–H and O–H groups in total. The molecule has 0 spiro atoms. The molecule has 1 saturated carbocycles. The summed E-state index contributed by atoms with van der Waals surface area (Å²) in [5.74, 6) is -1.68. The molecule has 2 aromatic rings. The zero-order valence-corrected chi connectivity index (χ0v) is 22.7. The zero-order valence-electron chi connectivity index (χ0n) is 21.7. The van der Waals surface area contributed by atoms with Crippen LogP contribution in [0.3, 0.4) is 0 Å². The van der Waals surface area contributed by atoms with Crippen molar-refractivity contribution in [1.82, 2.24) is 5.32 Å². The van der Waals surface area contributed by atoms with Crippen molar-refractivity contribution < 1.29 is 23.9 Å². The van der Waals surface area contributed by atoms with Crippen LogP contribution in [0.5, 0.6) is 0 Å². The highest BCUT2D eigenvalue weighted by Gasteiger charge is 2.53. The number of hydrogen-bond acceptors (Lipinski definition) is 4. The van der Waals surface area contributed by atoms with Gasteiger partial charge in [-0.05, 0) is 55.4 Å². The molecule has 0 saturated heterocycles. The zero-order chi connectivity index (χ0) is 25.9. The van der Waals surface area contributed by atoms with Crippen molar-refractivity contribution in [1.29, 1.82) is 0 Å². The van der Waals surface area contributed by atoms with Gasteiger partial charge in [-0.2, -0.15) is 0 Å². The molecule has 3 rings (SSSR count). The minimum absolute atomic E-state index is 0.262. The van der Waals surface area contributed by atoms with Crippen molar-refractivity contribution >= 4 is 30.8 Å². The number of alkyl carbamates (subject to hydrolysis) is 1. The molecule has 1 aliphatic carbocycles. The lowest BCUT2D eigenvalue weighted by atomic mass is 9.82. The largest absolute Gasteiger partial charge is 0.481 e. The van der Waals surface area contributed by atoms with Gasteiger partial charge in [0.1, 0.15) is 5.60 Å². The molecular formula is C28H39NO5Si. The number of nitrogens with one attached hydrogen (secondary N) is 1. The van der Waals surface area contributed by atoms with Crippen molar-refractivity contribution in [2.45, 2.75) is 83.6 Å². The van der Waals surface area contributed by atoms with Crippen molar-refractivity contribution in [3.63, 3.8) is 0 Å². The van der Waals surface area contributed by atoms with Gasteiger partial charge in [-0.1, -0.05) is 81.4 Å². The molecule has 0 aromatic heterocycles. The van der Waals surface area contributed by atoms with E-state index in [-0.39, 0.29) is 5.04 Å². The standard InChI is InChI=1S/C28H39NO5Si/c1-27(2,3)33-26(32)29-24-22(25(30)31)18-13-19-23(24)34-35(28(4,5)6,20-14-9-7-10-15-20)21-16-11-8-12-17-21/h7-12,14-17,22-24H,13,18-19H2,1-6H3,(H,29,32)(H,30,31). The highest BCUT2D eigenvalue weighted by molar-refractivity contribution is 6.99. The number of benzene rings is 2. The van der Waals surface area contributed by atoms with E-state index >= 15 is 0 Å². The molecule has 1 amide bonds. The maximum absolute atomic E-state index is 12.8. The summed E-state index contributed by atoms with van der Waals surface area (Å²) in [6, 6.07) is 19.8.